The number of benzene rings is 1. The van der Waals surface area contributed by atoms with Crippen LogP contribution in [-0.4, -0.2) is 18.0 Å². The minimum absolute atomic E-state index is 0.339. The first-order valence-electron chi connectivity index (χ1n) is 6.66. The van der Waals surface area contributed by atoms with Crippen molar-refractivity contribution in [2.24, 2.45) is 10.9 Å². The maximum atomic E-state index is 11.5. The van der Waals surface area contributed by atoms with Crippen LogP contribution in [0, 0.1) is 0 Å². The first kappa shape index (κ1) is 15.7. The molecule has 3 N–H and O–H groups in total. The van der Waals surface area contributed by atoms with Crippen LogP contribution in [-0.2, 0) is 9.68 Å². The molecule has 1 aliphatic rings. The Balaban J connectivity index is 2.24. The number of amidine groups is 1. The van der Waals surface area contributed by atoms with E-state index in [1.54, 1.807) is 30.3 Å². The molecule has 22 heavy (non-hydrogen) atoms. The number of carbonyl (C=O) groups excluding carboxylic acids is 1. The summed E-state index contributed by atoms with van der Waals surface area (Å²) in [5.74, 6) is 4.81. The largest absolute Gasteiger partial charge is 0.370 e. The number of hydrogen-bond donors (Lipinski definition) is 2. The molecule has 1 unspecified atom stereocenters. The quantitative estimate of drug-likeness (QED) is 0.641. The van der Waals surface area contributed by atoms with Gasteiger partial charge in [-0.1, -0.05) is 43.0 Å². The van der Waals surface area contributed by atoms with E-state index in [2.05, 4.69) is 21.9 Å². The lowest BCUT2D eigenvalue weighted by Crippen LogP contribution is -2.20. The highest BCUT2D eigenvalue weighted by Gasteiger charge is 2.21. The van der Waals surface area contributed by atoms with Crippen molar-refractivity contribution < 1.29 is 14.5 Å². The summed E-state index contributed by atoms with van der Waals surface area (Å²) in [6, 6.07) is 6.76. The van der Waals surface area contributed by atoms with Crippen molar-refractivity contribution in [3.05, 3.63) is 71.8 Å². The molecular formula is C16H17N3O3. The number of rotatable bonds is 5. The van der Waals surface area contributed by atoms with E-state index in [9.17, 15) is 4.79 Å². The molecule has 1 aromatic carbocycles. The Kier molecular flexibility index (Phi) is 5.24. The number of nitrogens with one attached hydrogen (secondary N) is 1. The SMILES string of the molecule is C=C/C=C\C(=C/C)C1N=C(c2cccc(C(=O)ON)c2)NO1. The molecule has 0 amide bonds. The van der Waals surface area contributed by atoms with Crippen LogP contribution < -0.4 is 11.4 Å². The Labute approximate surface area is 128 Å². The summed E-state index contributed by atoms with van der Waals surface area (Å²) < 4.78 is 0. The van der Waals surface area contributed by atoms with Crippen molar-refractivity contribution in [1.82, 2.24) is 5.48 Å². The van der Waals surface area contributed by atoms with Gasteiger partial charge in [0, 0.05) is 11.1 Å². The fourth-order valence-electron chi connectivity index (χ4n) is 1.92. The normalized spacial score (nSPS) is 18.0. The molecule has 0 saturated heterocycles. The molecule has 0 bridgehead atoms. The van der Waals surface area contributed by atoms with E-state index in [1.807, 2.05) is 25.2 Å². The van der Waals surface area contributed by atoms with Crippen molar-refractivity contribution in [3.8, 4) is 0 Å². The van der Waals surface area contributed by atoms with Crippen LogP contribution in [0.5, 0.6) is 0 Å². The van der Waals surface area contributed by atoms with Crippen LogP contribution in [0.4, 0.5) is 0 Å². The number of hydrogen-bond acceptors (Lipinski definition) is 6. The molecule has 6 heteroatoms. The fourth-order valence-corrected chi connectivity index (χ4v) is 1.92. The number of allylic oxidation sites excluding steroid dienone is 3. The number of aliphatic imine (C=N–C) groups is 1. The van der Waals surface area contributed by atoms with Crippen LogP contribution in [0.15, 0.2) is 65.7 Å². The third kappa shape index (κ3) is 3.49. The van der Waals surface area contributed by atoms with E-state index in [-0.39, 0.29) is 0 Å². The van der Waals surface area contributed by atoms with E-state index in [0.29, 0.717) is 17.0 Å². The maximum Gasteiger partial charge on any atom is 0.356 e. The topological polar surface area (TPSA) is 85.9 Å². The van der Waals surface area contributed by atoms with Crippen molar-refractivity contribution >= 4 is 11.8 Å². The first-order valence-corrected chi connectivity index (χ1v) is 6.66. The summed E-state index contributed by atoms with van der Waals surface area (Å²) in [7, 11) is 0. The van der Waals surface area contributed by atoms with Crippen LogP contribution >= 0.6 is 0 Å². The minimum Gasteiger partial charge on any atom is -0.370 e. The Bertz CT molecular complexity index is 662. The van der Waals surface area contributed by atoms with Crippen LogP contribution in [0.3, 0.4) is 0 Å². The smallest absolute Gasteiger partial charge is 0.356 e. The van der Waals surface area contributed by atoms with Gasteiger partial charge < -0.3 is 4.84 Å². The summed E-state index contributed by atoms with van der Waals surface area (Å²) in [5, 5.41) is 0. The molecule has 1 aromatic rings. The summed E-state index contributed by atoms with van der Waals surface area (Å²) in [4.78, 5) is 25.6. The second kappa shape index (κ2) is 7.35. The molecule has 114 valence electrons. The standard InChI is InChI=1S/C16H17N3O3/c1-3-5-7-11(4-2)15-18-14(19-22-15)12-8-6-9-13(10-12)16(20)21-17/h3-10,15H,1,17H2,2H3,(H,18,19)/b7-5-,11-4+. The van der Waals surface area contributed by atoms with Gasteiger partial charge in [0.2, 0.25) is 6.23 Å². The molecule has 0 radical (unpaired) electrons. The maximum absolute atomic E-state index is 11.5. The average Bonchev–Trinajstić information content (AvgIpc) is 3.05. The third-order valence-electron chi connectivity index (χ3n) is 3.04. The van der Waals surface area contributed by atoms with E-state index < -0.39 is 12.2 Å². The number of nitrogens with zero attached hydrogens (tertiary/aromatic N) is 1. The Hall–Kier alpha value is -2.70. The van der Waals surface area contributed by atoms with Gasteiger partial charge in [-0.05, 0) is 19.1 Å². The fraction of sp³-hybridized carbons (Fsp3) is 0.125. The minimum atomic E-state index is -0.610. The molecular weight excluding hydrogens is 282 g/mol. The van der Waals surface area contributed by atoms with E-state index >= 15 is 0 Å². The first-order chi connectivity index (χ1) is 10.7. The Morgan fingerprint density at radius 3 is 3.05 bits per heavy atom. The van der Waals surface area contributed by atoms with Crippen LogP contribution in [0.1, 0.15) is 22.8 Å². The van der Waals surface area contributed by atoms with Gasteiger partial charge in [-0.2, -0.15) is 5.90 Å². The lowest BCUT2D eigenvalue weighted by molar-refractivity contribution is 0.0503. The van der Waals surface area contributed by atoms with Gasteiger partial charge in [0.25, 0.3) is 0 Å². The lowest BCUT2D eigenvalue weighted by Gasteiger charge is -2.05. The molecule has 0 spiro atoms. The monoisotopic (exact) mass is 299 g/mol. The molecule has 6 nitrogen and oxygen atoms in total. The molecule has 0 aliphatic carbocycles. The molecule has 2 rings (SSSR count). The Morgan fingerprint density at radius 1 is 1.55 bits per heavy atom. The summed E-state index contributed by atoms with van der Waals surface area (Å²) in [5.41, 5.74) is 4.69. The van der Waals surface area contributed by atoms with Crippen LogP contribution in [0.2, 0.25) is 0 Å². The summed E-state index contributed by atoms with van der Waals surface area (Å²) >= 11 is 0. The molecule has 0 saturated carbocycles. The Morgan fingerprint density at radius 2 is 2.36 bits per heavy atom. The van der Waals surface area contributed by atoms with Gasteiger partial charge in [-0.15, -0.1) is 0 Å². The molecule has 1 aliphatic heterocycles. The van der Waals surface area contributed by atoms with Crippen molar-refractivity contribution in [2.75, 3.05) is 0 Å². The van der Waals surface area contributed by atoms with Crippen LogP contribution in [0.25, 0.3) is 0 Å². The number of carbonyl (C=O) groups is 1. The zero-order valence-electron chi connectivity index (χ0n) is 12.2. The zero-order chi connectivity index (χ0) is 15.9. The average molecular weight is 299 g/mol. The second-order valence-corrected chi connectivity index (χ2v) is 4.42. The van der Waals surface area contributed by atoms with Gasteiger partial charge in [0.15, 0.2) is 5.84 Å². The summed E-state index contributed by atoms with van der Waals surface area (Å²) in [6.07, 6.45) is 6.80. The summed E-state index contributed by atoms with van der Waals surface area (Å²) in [6.45, 7) is 5.53. The third-order valence-corrected chi connectivity index (χ3v) is 3.04. The van der Waals surface area contributed by atoms with E-state index in [1.165, 1.54) is 0 Å². The number of hydroxylamine groups is 1. The van der Waals surface area contributed by atoms with Gasteiger partial charge in [0.1, 0.15) is 0 Å². The highest BCUT2D eigenvalue weighted by Crippen LogP contribution is 2.17. The van der Waals surface area contributed by atoms with Gasteiger partial charge in [-0.3, -0.25) is 0 Å². The van der Waals surface area contributed by atoms with E-state index in [0.717, 1.165) is 5.57 Å². The predicted molar refractivity (Wildman–Crippen MR) is 83.7 cm³/mol. The molecule has 1 heterocycles. The van der Waals surface area contributed by atoms with Crippen molar-refractivity contribution in [2.45, 2.75) is 13.2 Å². The number of nitrogens with two attached hydrogens (primary N) is 1. The molecule has 0 fully saturated rings. The highest BCUT2D eigenvalue weighted by molar-refractivity contribution is 6.01. The molecule has 0 aromatic heterocycles. The van der Waals surface area contributed by atoms with Gasteiger partial charge in [0.05, 0.1) is 5.56 Å². The van der Waals surface area contributed by atoms with Gasteiger partial charge in [-0.25, -0.2) is 20.1 Å². The van der Waals surface area contributed by atoms with Crippen molar-refractivity contribution in [1.29, 1.82) is 0 Å². The molecule has 1 atom stereocenters. The van der Waals surface area contributed by atoms with Crippen molar-refractivity contribution in [3.63, 3.8) is 0 Å². The highest BCUT2D eigenvalue weighted by atomic mass is 16.7. The lowest BCUT2D eigenvalue weighted by atomic mass is 10.1. The van der Waals surface area contributed by atoms with Gasteiger partial charge >= 0.3 is 5.97 Å². The predicted octanol–water partition coefficient (Wildman–Crippen LogP) is 2.01. The second-order valence-electron chi connectivity index (χ2n) is 4.42. The zero-order valence-corrected chi connectivity index (χ0v) is 12.2. The van der Waals surface area contributed by atoms with E-state index in [4.69, 9.17) is 10.7 Å².